The molecule has 1 fully saturated rings. The van der Waals surface area contributed by atoms with Gasteiger partial charge in [0.1, 0.15) is 4.90 Å². The van der Waals surface area contributed by atoms with E-state index in [1.807, 2.05) is 0 Å². The monoisotopic (exact) mass is 288 g/mol. The lowest BCUT2D eigenvalue weighted by atomic mass is 10.1. The minimum absolute atomic E-state index is 0.148. The molecule has 19 heavy (non-hydrogen) atoms. The zero-order valence-electron chi connectivity index (χ0n) is 11.2. The Balaban J connectivity index is 2.18. The number of aryl methyl sites for hydroxylation is 1. The van der Waals surface area contributed by atoms with Gasteiger partial charge in [-0.3, -0.25) is 0 Å². The maximum absolute atomic E-state index is 12.5. The van der Waals surface area contributed by atoms with Gasteiger partial charge < -0.3 is 14.4 Å². The number of methoxy groups -OCH3 is 1. The van der Waals surface area contributed by atoms with Crippen LogP contribution < -0.4 is 0 Å². The number of aliphatic hydroxyl groups is 1. The van der Waals surface area contributed by atoms with Crippen LogP contribution in [0.1, 0.15) is 18.5 Å². The van der Waals surface area contributed by atoms with E-state index < -0.39 is 10.0 Å². The second kappa shape index (κ2) is 5.62. The molecule has 0 atom stereocenters. The van der Waals surface area contributed by atoms with Crippen LogP contribution in [0.15, 0.2) is 17.2 Å². The van der Waals surface area contributed by atoms with Crippen LogP contribution in [0.25, 0.3) is 0 Å². The standard InChI is InChI=1S/C12H20N2O4S/c1-13-8-12(7-10(13)9-15)19(16,17)14-5-3-11(18-2)4-6-14/h7-8,11,15H,3-6,9H2,1-2H3. The fourth-order valence-electron chi connectivity index (χ4n) is 2.33. The van der Waals surface area contributed by atoms with Crippen LogP contribution in [0.4, 0.5) is 0 Å². The predicted molar refractivity (Wildman–Crippen MR) is 70.1 cm³/mol. The molecule has 6 nitrogen and oxygen atoms in total. The molecule has 1 aliphatic rings. The zero-order valence-corrected chi connectivity index (χ0v) is 12.1. The minimum atomic E-state index is -3.46. The molecule has 1 aromatic rings. The summed E-state index contributed by atoms with van der Waals surface area (Å²) in [6.45, 7) is 0.784. The first-order valence-corrected chi connectivity index (χ1v) is 7.72. The summed E-state index contributed by atoms with van der Waals surface area (Å²) in [5, 5.41) is 9.13. The van der Waals surface area contributed by atoms with Gasteiger partial charge in [-0.2, -0.15) is 4.31 Å². The number of sulfonamides is 1. The number of hydrogen-bond acceptors (Lipinski definition) is 4. The lowest BCUT2D eigenvalue weighted by Gasteiger charge is -2.30. The third-order valence-corrected chi connectivity index (χ3v) is 5.48. The lowest BCUT2D eigenvalue weighted by Crippen LogP contribution is -2.40. The maximum atomic E-state index is 12.5. The van der Waals surface area contributed by atoms with Gasteiger partial charge in [0.15, 0.2) is 0 Å². The van der Waals surface area contributed by atoms with E-state index in [0.29, 0.717) is 18.8 Å². The zero-order chi connectivity index (χ0) is 14.0. The Bertz CT molecular complexity index is 530. The molecule has 1 saturated heterocycles. The fourth-order valence-corrected chi connectivity index (χ4v) is 3.90. The normalized spacial score (nSPS) is 18.9. The number of aliphatic hydroxyl groups excluding tert-OH is 1. The van der Waals surface area contributed by atoms with E-state index in [-0.39, 0.29) is 17.6 Å². The van der Waals surface area contributed by atoms with Crippen molar-refractivity contribution < 1.29 is 18.3 Å². The van der Waals surface area contributed by atoms with Crippen molar-refractivity contribution >= 4 is 10.0 Å². The Labute approximate surface area is 113 Å². The topological polar surface area (TPSA) is 71.8 Å². The van der Waals surface area contributed by atoms with Crippen LogP contribution >= 0.6 is 0 Å². The largest absolute Gasteiger partial charge is 0.390 e. The van der Waals surface area contributed by atoms with Crippen LogP contribution in [0.5, 0.6) is 0 Å². The Hall–Kier alpha value is -0.890. The van der Waals surface area contributed by atoms with E-state index in [0.717, 1.165) is 12.8 Å². The highest BCUT2D eigenvalue weighted by atomic mass is 32.2. The first-order valence-electron chi connectivity index (χ1n) is 6.28. The summed E-state index contributed by atoms with van der Waals surface area (Å²) < 4.78 is 33.3. The SMILES string of the molecule is COC1CCN(S(=O)(=O)c2cc(CO)n(C)c2)CC1. The highest BCUT2D eigenvalue weighted by Crippen LogP contribution is 2.23. The first kappa shape index (κ1) is 14.5. The molecule has 7 heteroatoms. The van der Waals surface area contributed by atoms with Gasteiger partial charge in [-0.05, 0) is 18.9 Å². The minimum Gasteiger partial charge on any atom is -0.390 e. The van der Waals surface area contributed by atoms with E-state index >= 15 is 0 Å². The Morgan fingerprint density at radius 1 is 1.42 bits per heavy atom. The number of nitrogens with zero attached hydrogens (tertiary/aromatic N) is 2. The second-order valence-corrected chi connectivity index (χ2v) is 6.71. The summed E-state index contributed by atoms with van der Waals surface area (Å²) in [7, 11) is -0.0833. The molecular formula is C12H20N2O4S. The van der Waals surface area contributed by atoms with Crippen LogP contribution in [-0.4, -0.2) is 48.7 Å². The number of aromatic nitrogens is 1. The average molecular weight is 288 g/mol. The van der Waals surface area contributed by atoms with Crippen molar-refractivity contribution in [3.05, 3.63) is 18.0 Å². The smallest absolute Gasteiger partial charge is 0.244 e. The average Bonchev–Trinajstić information content (AvgIpc) is 2.81. The van der Waals surface area contributed by atoms with Gasteiger partial charge in [0.25, 0.3) is 0 Å². The van der Waals surface area contributed by atoms with E-state index in [4.69, 9.17) is 9.84 Å². The Morgan fingerprint density at radius 2 is 2.05 bits per heavy atom. The molecule has 0 aliphatic carbocycles. The summed E-state index contributed by atoms with van der Waals surface area (Å²) in [6, 6.07) is 1.53. The van der Waals surface area contributed by atoms with Gasteiger partial charge in [0.2, 0.25) is 10.0 Å². The van der Waals surface area contributed by atoms with Gasteiger partial charge in [0, 0.05) is 39.1 Å². The third-order valence-electron chi connectivity index (χ3n) is 3.62. The maximum Gasteiger partial charge on any atom is 0.244 e. The molecule has 0 unspecified atom stereocenters. The van der Waals surface area contributed by atoms with Crippen molar-refractivity contribution in [3.8, 4) is 0 Å². The van der Waals surface area contributed by atoms with Crippen molar-refractivity contribution in [1.82, 2.24) is 8.87 Å². The lowest BCUT2D eigenvalue weighted by molar-refractivity contribution is 0.0604. The summed E-state index contributed by atoms with van der Waals surface area (Å²) in [6.07, 6.45) is 3.13. The molecule has 0 amide bonds. The molecule has 1 aromatic heterocycles. The van der Waals surface area contributed by atoms with Crippen molar-refractivity contribution in [2.75, 3.05) is 20.2 Å². The predicted octanol–water partition coefficient (Wildman–Crippen LogP) is 0.317. The van der Waals surface area contributed by atoms with Crippen molar-refractivity contribution in [1.29, 1.82) is 0 Å². The number of hydrogen-bond donors (Lipinski definition) is 1. The van der Waals surface area contributed by atoms with Crippen molar-refractivity contribution in [3.63, 3.8) is 0 Å². The second-order valence-electron chi connectivity index (χ2n) is 4.78. The number of piperidine rings is 1. The van der Waals surface area contributed by atoms with Crippen LogP contribution in [-0.2, 0) is 28.4 Å². The van der Waals surface area contributed by atoms with E-state index in [1.165, 1.54) is 10.4 Å². The summed E-state index contributed by atoms with van der Waals surface area (Å²) in [4.78, 5) is 0.245. The van der Waals surface area contributed by atoms with Gasteiger partial charge in [-0.25, -0.2) is 8.42 Å². The molecule has 0 radical (unpaired) electrons. The van der Waals surface area contributed by atoms with Crippen molar-refractivity contribution in [2.45, 2.75) is 30.4 Å². The van der Waals surface area contributed by atoms with Crippen LogP contribution in [0.3, 0.4) is 0 Å². The number of ether oxygens (including phenoxy) is 1. The molecule has 1 N–H and O–H groups in total. The van der Waals surface area contributed by atoms with Crippen LogP contribution in [0.2, 0.25) is 0 Å². The van der Waals surface area contributed by atoms with Crippen LogP contribution in [0, 0.1) is 0 Å². The molecule has 108 valence electrons. The van der Waals surface area contributed by atoms with Gasteiger partial charge in [-0.15, -0.1) is 0 Å². The summed E-state index contributed by atoms with van der Waals surface area (Å²) >= 11 is 0. The molecule has 2 rings (SSSR count). The quantitative estimate of drug-likeness (QED) is 0.866. The highest BCUT2D eigenvalue weighted by Gasteiger charge is 2.30. The van der Waals surface area contributed by atoms with E-state index in [2.05, 4.69) is 0 Å². The Morgan fingerprint density at radius 3 is 2.53 bits per heavy atom. The molecule has 0 saturated carbocycles. The van der Waals surface area contributed by atoms with Gasteiger partial charge >= 0.3 is 0 Å². The molecule has 0 spiro atoms. The highest BCUT2D eigenvalue weighted by molar-refractivity contribution is 7.89. The van der Waals surface area contributed by atoms with Gasteiger partial charge in [-0.1, -0.05) is 0 Å². The van der Waals surface area contributed by atoms with Gasteiger partial charge in [0.05, 0.1) is 12.7 Å². The molecule has 1 aliphatic heterocycles. The van der Waals surface area contributed by atoms with E-state index in [9.17, 15) is 8.42 Å². The molecule has 0 aromatic carbocycles. The fraction of sp³-hybridized carbons (Fsp3) is 0.667. The molecule has 2 heterocycles. The molecule has 0 bridgehead atoms. The Kier molecular flexibility index (Phi) is 4.29. The van der Waals surface area contributed by atoms with Crippen molar-refractivity contribution in [2.24, 2.45) is 7.05 Å². The number of rotatable bonds is 4. The first-order chi connectivity index (χ1) is 8.98. The van der Waals surface area contributed by atoms with E-state index in [1.54, 1.807) is 24.9 Å². The third kappa shape index (κ3) is 2.84. The molecular weight excluding hydrogens is 268 g/mol. The summed E-state index contributed by atoms with van der Waals surface area (Å²) in [5.41, 5.74) is 0.588. The summed E-state index contributed by atoms with van der Waals surface area (Å²) in [5.74, 6) is 0.